The minimum absolute atomic E-state index is 0.630. The Balaban J connectivity index is 0.000000156. The Bertz CT molecular complexity index is 7360. The van der Waals surface area contributed by atoms with E-state index in [4.69, 9.17) is 59.8 Å². The Morgan fingerprint density at radius 1 is 0.102 bits per heavy atom. The molecule has 0 bridgehead atoms. The van der Waals surface area contributed by atoms with Gasteiger partial charge in [0.1, 0.15) is 0 Å². The van der Waals surface area contributed by atoms with E-state index in [1.54, 1.807) is 0 Å². The number of rotatable bonds is 18. The fourth-order valence-corrected chi connectivity index (χ4v) is 16.0. The van der Waals surface area contributed by atoms with E-state index in [1.165, 1.54) is 21.9 Å². The fraction of sp³-hybridized carbons (Fsp3) is 0. The molecular formula is C116H76N12. The lowest BCUT2D eigenvalue weighted by Crippen LogP contribution is -2.00. The highest BCUT2D eigenvalue weighted by atomic mass is 15.0. The molecule has 0 fully saturated rings. The zero-order valence-corrected chi connectivity index (χ0v) is 69.2. The number of benzene rings is 14. The third-order valence-corrected chi connectivity index (χ3v) is 22.9. The molecule has 600 valence electrons. The van der Waals surface area contributed by atoms with Crippen LogP contribution < -0.4 is 0 Å². The molecule has 0 saturated heterocycles. The van der Waals surface area contributed by atoms with Crippen molar-refractivity contribution in [2.75, 3.05) is 0 Å². The third kappa shape index (κ3) is 17.1. The summed E-state index contributed by atoms with van der Waals surface area (Å²) in [4.78, 5) is 59.2. The predicted molar refractivity (Wildman–Crippen MR) is 519 cm³/mol. The number of pyridine rings is 6. The molecule has 0 amide bonds. The molecule has 0 spiro atoms. The molecule has 0 radical (unpaired) electrons. The molecule has 0 aliphatic heterocycles. The zero-order valence-electron chi connectivity index (χ0n) is 69.2. The van der Waals surface area contributed by atoms with Crippen molar-refractivity contribution in [2.45, 2.75) is 0 Å². The van der Waals surface area contributed by atoms with Gasteiger partial charge in [-0.05, 0) is 143 Å². The number of hydrogen-bond acceptors (Lipinski definition) is 12. The van der Waals surface area contributed by atoms with Crippen molar-refractivity contribution < 1.29 is 0 Å². The maximum atomic E-state index is 5.14. The zero-order chi connectivity index (χ0) is 85.3. The van der Waals surface area contributed by atoms with Crippen LogP contribution in [0.1, 0.15) is 0 Å². The summed E-state index contributed by atoms with van der Waals surface area (Å²) in [6, 6.07) is 150. The van der Waals surface area contributed by atoms with Gasteiger partial charge in [-0.15, -0.1) is 0 Å². The number of fused-ring (bicyclic) bond motifs is 2. The molecule has 22 aromatic rings. The van der Waals surface area contributed by atoms with E-state index < -0.39 is 0 Å². The quantitative estimate of drug-likeness (QED) is 0.0803. The van der Waals surface area contributed by atoms with E-state index in [2.05, 4.69) is 279 Å². The van der Waals surface area contributed by atoms with Gasteiger partial charge in [-0.2, -0.15) is 0 Å². The Kier molecular flexibility index (Phi) is 21.6. The first-order valence-corrected chi connectivity index (χ1v) is 42.5. The molecule has 0 saturated carbocycles. The SMILES string of the molecule is c1ccc(-c2ccc(-c3cc(-c4ccc(-c5ccccc5)cn4)nc(-c4ccc(-c5ccc(-c6ccc(-c7nc(-c8ccccc8)nc(-c8ccccc8)n7)cc6)cc5)cn4)c3)cc2)cc1.c1ccc(-c2nc(-c3ccccc3)nc(-c3ccc(-c4ccc(-c5ccc(-c6cc(-c7ccc8ccccc8c7)cc(-c7cc8ccccc8cn7)n6)nc5)cc4)cc3)n2)cc1. The molecule has 8 aromatic heterocycles. The normalized spacial score (nSPS) is 11.1. The molecule has 0 unspecified atom stereocenters. The monoisotopic (exact) mass is 1640 g/mol. The molecule has 12 nitrogen and oxygen atoms in total. The molecule has 22 rings (SSSR count). The van der Waals surface area contributed by atoms with Gasteiger partial charge in [-0.1, -0.05) is 382 Å². The van der Waals surface area contributed by atoms with Crippen molar-refractivity contribution in [2.24, 2.45) is 0 Å². The van der Waals surface area contributed by atoms with E-state index in [0.717, 1.165) is 168 Å². The summed E-state index contributed by atoms with van der Waals surface area (Å²) >= 11 is 0. The summed E-state index contributed by atoms with van der Waals surface area (Å²) in [6.07, 6.45) is 7.69. The number of hydrogen-bond donors (Lipinski definition) is 0. The van der Waals surface area contributed by atoms with Gasteiger partial charge >= 0.3 is 0 Å². The highest BCUT2D eigenvalue weighted by Crippen LogP contribution is 2.39. The molecule has 14 aromatic carbocycles. The second kappa shape index (κ2) is 35.5. The third-order valence-electron chi connectivity index (χ3n) is 22.9. The minimum atomic E-state index is 0.630. The summed E-state index contributed by atoms with van der Waals surface area (Å²) in [5.74, 6) is 3.83. The van der Waals surface area contributed by atoms with Crippen molar-refractivity contribution in [3.63, 3.8) is 0 Å². The summed E-state index contributed by atoms with van der Waals surface area (Å²) in [5.41, 5.74) is 29.4. The van der Waals surface area contributed by atoms with E-state index in [0.29, 0.717) is 34.9 Å². The van der Waals surface area contributed by atoms with Crippen molar-refractivity contribution in [1.82, 2.24) is 59.8 Å². The van der Waals surface area contributed by atoms with Gasteiger partial charge in [0.05, 0.1) is 45.6 Å². The topological polar surface area (TPSA) is 155 Å². The van der Waals surface area contributed by atoms with Gasteiger partial charge in [0, 0.05) is 80.2 Å². The van der Waals surface area contributed by atoms with Crippen molar-refractivity contribution in [1.29, 1.82) is 0 Å². The maximum absolute atomic E-state index is 5.14. The van der Waals surface area contributed by atoms with E-state index >= 15 is 0 Å². The standard InChI is InChI=1S/C60H40N6.C56H36N6/c1-5-13-41(14-6-1)43-23-27-47(28-24-43)53-37-56(54-35-33-51(39-61-54)42-15-7-2-8-16-42)63-57(38-53)55-36-34-52(40-62-55)46-25-21-44(22-26-46)45-29-31-50(32-30-45)60-65-58(48-17-9-3-10-18-48)64-59(66-60)49-19-11-4-12-20-49;1-3-12-41(13-4-1)54-60-55(42-14-5-2-6-15-42)62-56(61-54)43-26-23-39(24-27-43)38-19-21-40(22-20-38)48-29-30-50(57-36-48)52-33-49(46-28-25-37-11-7-8-16-44(37)31-46)34-53(59-52)51-32-45-17-9-10-18-47(45)35-58-51/h1-40H;1-36H. The predicted octanol–water partition coefficient (Wildman–Crippen LogP) is 28.4. The highest BCUT2D eigenvalue weighted by Gasteiger charge is 2.20. The van der Waals surface area contributed by atoms with Crippen LogP contribution in [0.4, 0.5) is 0 Å². The van der Waals surface area contributed by atoms with Crippen molar-refractivity contribution in [3.05, 3.63) is 462 Å². The second-order valence-corrected chi connectivity index (χ2v) is 31.2. The van der Waals surface area contributed by atoms with Crippen LogP contribution in [0.25, 0.3) is 224 Å². The van der Waals surface area contributed by atoms with Crippen LogP contribution >= 0.6 is 0 Å². The summed E-state index contributed by atoms with van der Waals surface area (Å²) in [7, 11) is 0. The van der Waals surface area contributed by atoms with Crippen molar-refractivity contribution in [3.8, 4) is 203 Å². The lowest BCUT2D eigenvalue weighted by molar-refractivity contribution is 1.07. The number of aromatic nitrogens is 12. The molecule has 12 heteroatoms. The van der Waals surface area contributed by atoms with E-state index in [9.17, 15) is 0 Å². The first-order chi connectivity index (χ1) is 63.3. The Hall–Kier alpha value is -17.5. The lowest BCUT2D eigenvalue weighted by atomic mass is 9.98. The van der Waals surface area contributed by atoms with Crippen LogP contribution in [0.3, 0.4) is 0 Å². The molecular weight excluding hydrogens is 1560 g/mol. The van der Waals surface area contributed by atoms with Gasteiger partial charge in [-0.3, -0.25) is 19.9 Å². The van der Waals surface area contributed by atoms with Gasteiger partial charge in [0.15, 0.2) is 34.9 Å². The van der Waals surface area contributed by atoms with Gasteiger partial charge in [0.25, 0.3) is 0 Å². The second-order valence-electron chi connectivity index (χ2n) is 31.2. The average molecular weight is 1640 g/mol. The largest absolute Gasteiger partial charge is 0.254 e. The summed E-state index contributed by atoms with van der Waals surface area (Å²) in [6.45, 7) is 0. The van der Waals surface area contributed by atoms with Gasteiger partial charge < -0.3 is 0 Å². The van der Waals surface area contributed by atoms with Crippen LogP contribution in [0, 0.1) is 0 Å². The molecule has 8 heterocycles. The first kappa shape index (κ1) is 77.8. The van der Waals surface area contributed by atoms with E-state index in [-0.39, 0.29) is 0 Å². The Morgan fingerprint density at radius 2 is 0.312 bits per heavy atom. The Morgan fingerprint density at radius 3 is 0.633 bits per heavy atom. The van der Waals surface area contributed by atoms with Crippen molar-refractivity contribution >= 4 is 21.5 Å². The molecule has 0 N–H and O–H groups in total. The van der Waals surface area contributed by atoms with Crippen LogP contribution in [-0.2, 0) is 0 Å². The van der Waals surface area contributed by atoms with Gasteiger partial charge in [-0.25, -0.2) is 39.9 Å². The van der Waals surface area contributed by atoms with Crippen LogP contribution in [0.15, 0.2) is 462 Å². The summed E-state index contributed by atoms with van der Waals surface area (Å²) < 4.78 is 0. The van der Waals surface area contributed by atoms with Crippen LogP contribution in [0.5, 0.6) is 0 Å². The summed E-state index contributed by atoms with van der Waals surface area (Å²) in [5, 5.41) is 4.61. The van der Waals surface area contributed by atoms with Crippen LogP contribution in [0.2, 0.25) is 0 Å². The lowest BCUT2D eigenvalue weighted by Gasteiger charge is -2.11. The number of nitrogens with zero attached hydrogens (tertiary/aromatic N) is 12. The highest BCUT2D eigenvalue weighted by molar-refractivity contribution is 5.91. The molecule has 0 aliphatic carbocycles. The van der Waals surface area contributed by atoms with E-state index in [1.807, 2.05) is 183 Å². The average Bonchev–Trinajstić information content (AvgIpc) is 0.785. The molecule has 0 aliphatic rings. The molecule has 128 heavy (non-hydrogen) atoms. The minimum Gasteiger partial charge on any atom is -0.254 e. The Labute approximate surface area is 741 Å². The van der Waals surface area contributed by atoms with Gasteiger partial charge in [0.2, 0.25) is 0 Å². The first-order valence-electron chi connectivity index (χ1n) is 42.5. The fourth-order valence-electron chi connectivity index (χ4n) is 16.0. The molecule has 0 atom stereocenters. The maximum Gasteiger partial charge on any atom is 0.164 e. The smallest absolute Gasteiger partial charge is 0.164 e. The van der Waals surface area contributed by atoms with Crippen LogP contribution in [-0.4, -0.2) is 59.8 Å².